The predicted octanol–water partition coefficient (Wildman–Crippen LogP) is 1.03. The van der Waals surface area contributed by atoms with Crippen LogP contribution in [0.5, 0.6) is 0 Å². The second kappa shape index (κ2) is 3.35. The number of hydrogen-bond acceptors (Lipinski definition) is 3. The zero-order valence-corrected chi connectivity index (χ0v) is 8.31. The molecule has 14 heavy (non-hydrogen) atoms. The normalized spacial score (nSPS) is 10.9. The Labute approximate surface area is 84.8 Å². The molecule has 0 spiro atoms. The highest BCUT2D eigenvalue weighted by Crippen LogP contribution is 2.25. The van der Waals surface area contributed by atoms with Crippen LogP contribution in [0.25, 0.3) is 10.1 Å². The van der Waals surface area contributed by atoms with Crippen LogP contribution in [0.4, 0.5) is 4.39 Å². The van der Waals surface area contributed by atoms with Gasteiger partial charge >= 0.3 is 7.12 Å². The van der Waals surface area contributed by atoms with Gasteiger partial charge < -0.3 is 10.0 Å². The molecule has 0 atom stereocenters. The van der Waals surface area contributed by atoms with Crippen LogP contribution in [0.1, 0.15) is 5.56 Å². The van der Waals surface area contributed by atoms with Gasteiger partial charge in [-0.15, -0.1) is 11.3 Å². The summed E-state index contributed by atoms with van der Waals surface area (Å²) in [4.78, 5) is 0. The van der Waals surface area contributed by atoms with E-state index in [1.165, 1.54) is 23.5 Å². The summed E-state index contributed by atoms with van der Waals surface area (Å²) in [6.07, 6.45) is 0. The number of aryl methyl sites for hydroxylation is 1. The largest absolute Gasteiger partial charge is 0.499 e. The van der Waals surface area contributed by atoms with Crippen molar-refractivity contribution in [3.8, 4) is 0 Å². The molecule has 2 N–H and O–H groups in total. The molecule has 2 nitrogen and oxygen atoms in total. The first-order chi connectivity index (χ1) is 6.59. The molecular formula is C9H8BFO2S. The van der Waals surface area contributed by atoms with Gasteiger partial charge in [0.05, 0.1) is 0 Å². The lowest BCUT2D eigenvalue weighted by molar-refractivity contribution is 0.427. The Balaban J connectivity index is 2.75. The lowest BCUT2D eigenvalue weighted by Crippen LogP contribution is -2.26. The van der Waals surface area contributed by atoms with Gasteiger partial charge in [0.2, 0.25) is 0 Å². The Morgan fingerprint density at radius 3 is 2.64 bits per heavy atom. The Morgan fingerprint density at radius 2 is 2.07 bits per heavy atom. The molecule has 5 heteroatoms. The zero-order valence-electron chi connectivity index (χ0n) is 7.49. The average Bonchev–Trinajstić information content (AvgIpc) is 2.57. The lowest BCUT2D eigenvalue weighted by Gasteiger charge is -1.95. The van der Waals surface area contributed by atoms with Crippen molar-refractivity contribution < 1.29 is 14.4 Å². The Kier molecular flexibility index (Phi) is 2.30. The van der Waals surface area contributed by atoms with Gasteiger partial charge in [-0.1, -0.05) is 6.07 Å². The number of thiophene rings is 1. The molecule has 2 rings (SSSR count). The fraction of sp³-hybridized carbons (Fsp3) is 0.111. The van der Waals surface area contributed by atoms with E-state index in [1.54, 1.807) is 6.07 Å². The molecule has 0 radical (unpaired) electrons. The second-order valence-electron chi connectivity index (χ2n) is 3.13. The van der Waals surface area contributed by atoms with Crippen LogP contribution in [-0.4, -0.2) is 17.2 Å². The van der Waals surface area contributed by atoms with E-state index in [4.69, 9.17) is 10.0 Å². The molecule has 0 bridgehead atoms. The molecule has 0 aliphatic heterocycles. The summed E-state index contributed by atoms with van der Waals surface area (Å²) in [6.45, 7) is 1.87. The van der Waals surface area contributed by atoms with E-state index in [-0.39, 0.29) is 5.82 Å². The van der Waals surface area contributed by atoms with E-state index in [0.29, 0.717) is 10.2 Å². The van der Waals surface area contributed by atoms with E-state index in [0.717, 1.165) is 10.3 Å². The highest BCUT2D eigenvalue weighted by atomic mass is 32.1. The quantitative estimate of drug-likeness (QED) is 0.690. The molecule has 2 aromatic rings. The number of rotatable bonds is 1. The summed E-state index contributed by atoms with van der Waals surface area (Å²) < 4.78 is 14.4. The van der Waals surface area contributed by atoms with Gasteiger partial charge in [0.1, 0.15) is 5.82 Å². The predicted molar refractivity (Wildman–Crippen MR) is 56.3 cm³/mol. The third-order valence-corrected chi connectivity index (χ3v) is 3.41. The minimum atomic E-state index is -1.52. The molecule has 0 unspecified atom stereocenters. The first-order valence-electron chi connectivity index (χ1n) is 4.14. The van der Waals surface area contributed by atoms with Crippen molar-refractivity contribution in [1.29, 1.82) is 0 Å². The van der Waals surface area contributed by atoms with Crippen LogP contribution in [0.15, 0.2) is 18.2 Å². The molecule has 0 saturated carbocycles. The van der Waals surface area contributed by atoms with Crippen LogP contribution in [0.3, 0.4) is 0 Å². The van der Waals surface area contributed by atoms with Crippen LogP contribution in [0, 0.1) is 12.7 Å². The average molecular weight is 210 g/mol. The number of benzene rings is 1. The van der Waals surface area contributed by atoms with Crippen molar-refractivity contribution in [2.45, 2.75) is 6.92 Å². The molecule has 1 aromatic carbocycles. The third kappa shape index (κ3) is 1.43. The summed E-state index contributed by atoms with van der Waals surface area (Å²) in [5.74, 6) is -0.325. The van der Waals surface area contributed by atoms with Crippen molar-refractivity contribution in [3.63, 3.8) is 0 Å². The zero-order chi connectivity index (χ0) is 10.3. The summed E-state index contributed by atoms with van der Waals surface area (Å²) in [7, 11) is -1.52. The minimum Gasteiger partial charge on any atom is -0.423 e. The lowest BCUT2D eigenvalue weighted by atomic mass is 9.89. The summed E-state index contributed by atoms with van der Waals surface area (Å²) in [5, 5.41) is 18.4. The van der Waals surface area contributed by atoms with Gasteiger partial charge in [0.15, 0.2) is 0 Å². The molecule has 0 saturated heterocycles. The summed E-state index contributed by atoms with van der Waals surface area (Å²) in [6, 6.07) is 4.55. The topological polar surface area (TPSA) is 40.5 Å². The van der Waals surface area contributed by atoms with Crippen molar-refractivity contribution in [1.82, 2.24) is 0 Å². The first-order valence-corrected chi connectivity index (χ1v) is 4.96. The monoisotopic (exact) mass is 210 g/mol. The number of halogens is 1. The van der Waals surface area contributed by atoms with Gasteiger partial charge in [0.25, 0.3) is 0 Å². The molecule has 0 aliphatic carbocycles. The van der Waals surface area contributed by atoms with Gasteiger partial charge in [-0.2, -0.15) is 0 Å². The SMILES string of the molecule is Cc1ccc(F)c2cc(B(O)O)sc12. The highest BCUT2D eigenvalue weighted by molar-refractivity contribution is 7.28. The van der Waals surface area contributed by atoms with Gasteiger partial charge in [-0.25, -0.2) is 4.39 Å². The number of fused-ring (bicyclic) bond motifs is 1. The van der Waals surface area contributed by atoms with E-state index in [9.17, 15) is 4.39 Å². The van der Waals surface area contributed by atoms with Gasteiger partial charge in [-0.05, 0) is 24.6 Å². The molecule has 1 heterocycles. The van der Waals surface area contributed by atoms with Crippen molar-refractivity contribution >= 4 is 33.3 Å². The molecular weight excluding hydrogens is 202 g/mol. The van der Waals surface area contributed by atoms with Crippen molar-refractivity contribution in [3.05, 3.63) is 29.6 Å². The molecule has 72 valence electrons. The van der Waals surface area contributed by atoms with Crippen LogP contribution < -0.4 is 4.78 Å². The van der Waals surface area contributed by atoms with Crippen molar-refractivity contribution in [2.75, 3.05) is 0 Å². The standard InChI is InChI=1S/C9H8BFO2S/c1-5-2-3-7(11)6-4-8(10(12)13)14-9(5)6/h2-4,12-13H,1H3. The summed E-state index contributed by atoms with van der Waals surface area (Å²) in [5.41, 5.74) is 0.943. The van der Waals surface area contributed by atoms with Gasteiger partial charge in [-0.3, -0.25) is 0 Å². The fourth-order valence-corrected chi connectivity index (χ4v) is 2.38. The molecule has 0 amide bonds. The Morgan fingerprint density at radius 1 is 1.36 bits per heavy atom. The van der Waals surface area contributed by atoms with E-state index < -0.39 is 7.12 Å². The van der Waals surface area contributed by atoms with Crippen LogP contribution in [-0.2, 0) is 0 Å². The third-order valence-electron chi connectivity index (χ3n) is 2.10. The Hall–Kier alpha value is -0.905. The van der Waals surface area contributed by atoms with Crippen molar-refractivity contribution in [2.24, 2.45) is 0 Å². The van der Waals surface area contributed by atoms with E-state index >= 15 is 0 Å². The molecule has 1 aromatic heterocycles. The Bertz CT molecular complexity index is 442. The fourth-order valence-electron chi connectivity index (χ4n) is 1.37. The maximum Gasteiger partial charge on any atom is 0.499 e. The highest BCUT2D eigenvalue weighted by Gasteiger charge is 2.16. The van der Waals surface area contributed by atoms with E-state index in [1.807, 2.05) is 6.92 Å². The molecule has 0 fully saturated rings. The van der Waals surface area contributed by atoms with Crippen LogP contribution in [0.2, 0.25) is 0 Å². The summed E-state index contributed by atoms with van der Waals surface area (Å²) >= 11 is 1.21. The second-order valence-corrected chi connectivity index (χ2v) is 4.21. The maximum absolute atomic E-state index is 13.3. The molecule has 0 aliphatic rings. The van der Waals surface area contributed by atoms with Gasteiger partial charge in [0, 0.05) is 14.9 Å². The van der Waals surface area contributed by atoms with E-state index in [2.05, 4.69) is 0 Å². The minimum absolute atomic E-state index is 0.325. The number of hydrogen-bond donors (Lipinski definition) is 2. The maximum atomic E-state index is 13.3. The van der Waals surface area contributed by atoms with Crippen LogP contribution >= 0.6 is 11.3 Å². The first kappa shape index (κ1) is 9.64. The smallest absolute Gasteiger partial charge is 0.423 e.